The van der Waals surface area contributed by atoms with Crippen molar-refractivity contribution in [1.29, 1.82) is 0 Å². The van der Waals surface area contributed by atoms with Gasteiger partial charge in [-0.15, -0.1) is 5.10 Å². The number of nitrogens with zero attached hydrogens (tertiary/aromatic N) is 7. The van der Waals surface area contributed by atoms with Gasteiger partial charge in [0.1, 0.15) is 29.7 Å². The second kappa shape index (κ2) is 22.7. The number of piperazine rings is 1. The molecule has 0 aliphatic carbocycles. The zero-order chi connectivity index (χ0) is 49.1. The number of benzene rings is 2. The standard InChI is InChI=1S/C46H56FN11O10/c1-4-54-25-32(44(64)65)42(62)31-23-33(47)37(24-36(31)54)55-19-21-56(22-20-55)46(67)68-27-29-11-13-30(14-12-29)50-43(63)35(9-8-17-49-45(48)66)58-26-34(52-53-58)41(28(2)3)51-38(59)10-6-5-7-18-57-39(60)15-16-40(57)61/h11-16,23-26,28,35,41H,4-10,17-22,27H2,1-3H3,(H,50,63)(H,51,59)(H,64,65)(H3,48,49,66). The molecule has 0 bridgehead atoms. The SMILES string of the molecule is CCn1cc(C(=O)O)c(=O)c2cc(F)c(N3CCN(C(=O)OCc4ccc(NC(=O)C(CCCNC(N)=O)n5cc(C(NC(=O)CCCCCN6C(=O)C=CC6=O)C(C)C)nn5)cc4)CC3)cc21. The first-order valence-corrected chi connectivity index (χ1v) is 22.5. The van der Waals surface area contributed by atoms with Crippen LogP contribution in [0.3, 0.4) is 0 Å². The number of hydrogen-bond acceptors (Lipinski definition) is 12. The Kier molecular flexibility index (Phi) is 16.6. The Labute approximate surface area is 390 Å². The average Bonchev–Trinajstić information content (AvgIpc) is 3.92. The van der Waals surface area contributed by atoms with Crippen LogP contribution >= 0.6 is 0 Å². The number of pyridine rings is 1. The molecule has 4 heterocycles. The Morgan fingerprint density at radius 1 is 0.926 bits per heavy atom. The third-order valence-electron chi connectivity index (χ3n) is 11.8. The fraction of sp³-hybridized carbons (Fsp3) is 0.435. The largest absolute Gasteiger partial charge is 0.477 e. The van der Waals surface area contributed by atoms with Gasteiger partial charge < -0.3 is 45.9 Å². The van der Waals surface area contributed by atoms with Crippen LogP contribution in [0.2, 0.25) is 0 Å². The second-order valence-corrected chi connectivity index (χ2v) is 16.8. The van der Waals surface area contributed by atoms with Crippen molar-refractivity contribution in [2.75, 3.05) is 49.5 Å². The topological polar surface area (TPSA) is 273 Å². The van der Waals surface area contributed by atoms with Gasteiger partial charge >= 0.3 is 18.1 Å². The van der Waals surface area contributed by atoms with Crippen LogP contribution in [-0.4, -0.2) is 115 Å². The maximum absolute atomic E-state index is 15.4. The number of ether oxygens (including phenoxy) is 1. The summed E-state index contributed by atoms with van der Waals surface area (Å²) in [4.78, 5) is 104. The number of anilines is 2. The fourth-order valence-corrected chi connectivity index (χ4v) is 8.02. The van der Waals surface area contributed by atoms with Gasteiger partial charge in [0.25, 0.3) is 11.8 Å². The number of aromatic carboxylic acids is 1. The number of fused-ring (bicyclic) bond motifs is 1. The molecule has 1 saturated heterocycles. The normalized spacial score (nSPS) is 14.6. The first-order valence-electron chi connectivity index (χ1n) is 22.5. The number of carboxylic acid groups (broad SMARTS) is 1. The van der Waals surface area contributed by atoms with Crippen LogP contribution in [0.5, 0.6) is 0 Å². The van der Waals surface area contributed by atoms with Crippen molar-refractivity contribution in [3.05, 3.63) is 93.8 Å². The molecule has 2 atom stereocenters. The van der Waals surface area contributed by atoms with E-state index < -0.39 is 52.9 Å². The number of imide groups is 1. The van der Waals surface area contributed by atoms with Gasteiger partial charge in [-0.3, -0.25) is 28.9 Å². The summed E-state index contributed by atoms with van der Waals surface area (Å²) in [5.41, 5.74) is 6.20. The number of primary amides is 1. The van der Waals surface area contributed by atoms with Crippen molar-refractivity contribution < 1.29 is 47.8 Å². The van der Waals surface area contributed by atoms with Crippen molar-refractivity contribution in [2.45, 2.75) is 84.5 Å². The van der Waals surface area contributed by atoms with Gasteiger partial charge in [0.05, 0.1) is 23.4 Å². The Morgan fingerprint density at radius 3 is 2.28 bits per heavy atom. The zero-order valence-corrected chi connectivity index (χ0v) is 38.1. The predicted octanol–water partition coefficient (Wildman–Crippen LogP) is 3.84. The van der Waals surface area contributed by atoms with Crippen LogP contribution in [0, 0.1) is 11.7 Å². The molecule has 2 unspecified atom stereocenters. The van der Waals surface area contributed by atoms with E-state index in [0.717, 1.165) is 6.07 Å². The van der Waals surface area contributed by atoms with E-state index in [2.05, 4.69) is 26.3 Å². The Balaban J connectivity index is 1.01. The molecule has 2 aromatic carbocycles. The highest BCUT2D eigenvalue weighted by Crippen LogP contribution is 2.28. The molecule has 2 aliphatic rings. The van der Waals surface area contributed by atoms with Crippen molar-refractivity contribution in [3.8, 4) is 0 Å². The summed E-state index contributed by atoms with van der Waals surface area (Å²) in [5, 5.41) is 26.4. The summed E-state index contributed by atoms with van der Waals surface area (Å²) in [6.07, 6.45) is 7.37. The van der Waals surface area contributed by atoms with E-state index in [9.17, 15) is 43.5 Å². The highest BCUT2D eigenvalue weighted by Gasteiger charge is 2.29. The summed E-state index contributed by atoms with van der Waals surface area (Å²) in [6, 6.07) is 7.21. The highest BCUT2D eigenvalue weighted by atomic mass is 19.1. The molecule has 1 fully saturated rings. The minimum atomic E-state index is -1.39. The number of hydrogen-bond donors (Lipinski definition) is 5. The molecule has 2 aliphatic heterocycles. The minimum absolute atomic E-state index is 0.0305. The van der Waals surface area contributed by atoms with E-state index in [-0.39, 0.29) is 93.4 Å². The smallest absolute Gasteiger partial charge is 0.410 e. The van der Waals surface area contributed by atoms with Crippen LogP contribution in [0.4, 0.5) is 25.4 Å². The molecule has 0 saturated carbocycles. The van der Waals surface area contributed by atoms with Crippen molar-refractivity contribution >= 4 is 64.0 Å². The second-order valence-electron chi connectivity index (χ2n) is 16.8. The van der Waals surface area contributed by atoms with Gasteiger partial charge in [0.15, 0.2) is 0 Å². The van der Waals surface area contributed by atoms with Crippen LogP contribution < -0.4 is 32.0 Å². The van der Waals surface area contributed by atoms with Crippen LogP contribution in [-0.2, 0) is 37.1 Å². The molecule has 362 valence electrons. The summed E-state index contributed by atoms with van der Waals surface area (Å²) in [5.74, 6) is -3.46. The highest BCUT2D eigenvalue weighted by molar-refractivity contribution is 6.12. The molecular formula is C46H56FN11O10. The van der Waals surface area contributed by atoms with Crippen LogP contribution in [0.25, 0.3) is 10.9 Å². The van der Waals surface area contributed by atoms with Gasteiger partial charge in [0, 0.05) is 81.7 Å². The molecule has 68 heavy (non-hydrogen) atoms. The summed E-state index contributed by atoms with van der Waals surface area (Å²) in [7, 11) is 0. The lowest BCUT2D eigenvalue weighted by molar-refractivity contribution is -0.137. The zero-order valence-electron chi connectivity index (χ0n) is 38.1. The van der Waals surface area contributed by atoms with Gasteiger partial charge in [-0.05, 0) is 68.4 Å². The van der Waals surface area contributed by atoms with Gasteiger partial charge in [-0.2, -0.15) is 0 Å². The number of urea groups is 1. The van der Waals surface area contributed by atoms with Gasteiger partial charge in [-0.25, -0.2) is 23.5 Å². The molecule has 6 N–H and O–H groups in total. The van der Waals surface area contributed by atoms with E-state index in [4.69, 9.17) is 10.5 Å². The first-order chi connectivity index (χ1) is 32.5. The van der Waals surface area contributed by atoms with Crippen molar-refractivity contribution in [3.63, 3.8) is 0 Å². The number of halogens is 1. The van der Waals surface area contributed by atoms with Gasteiger partial charge in [0.2, 0.25) is 17.2 Å². The molecule has 22 heteroatoms. The van der Waals surface area contributed by atoms with E-state index in [0.29, 0.717) is 54.7 Å². The molecule has 4 aromatic rings. The first kappa shape index (κ1) is 49.8. The average molecular weight is 942 g/mol. The van der Waals surface area contributed by atoms with E-state index >= 15 is 4.39 Å². The maximum atomic E-state index is 15.4. The quantitative estimate of drug-likeness (QED) is 0.0588. The number of rotatable bonds is 21. The van der Waals surface area contributed by atoms with Crippen molar-refractivity contribution in [1.82, 2.24) is 40.0 Å². The maximum Gasteiger partial charge on any atom is 0.410 e. The lowest BCUT2D eigenvalue weighted by Crippen LogP contribution is -2.49. The number of carboxylic acids is 1. The Bertz CT molecular complexity index is 2600. The summed E-state index contributed by atoms with van der Waals surface area (Å²) in [6.45, 7) is 7.43. The van der Waals surface area contributed by atoms with E-state index in [1.165, 1.54) is 38.9 Å². The Morgan fingerprint density at radius 2 is 1.63 bits per heavy atom. The monoisotopic (exact) mass is 941 g/mol. The number of nitrogens with two attached hydrogens (primary N) is 1. The number of carbonyl (C=O) groups is 7. The minimum Gasteiger partial charge on any atom is -0.477 e. The summed E-state index contributed by atoms with van der Waals surface area (Å²) >= 11 is 0. The molecule has 2 aromatic heterocycles. The van der Waals surface area contributed by atoms with Gasteiger partial charge in [-0.1, -0.05) is 37.6 Å². The van der Waals surface area contributed by atoms with Crippen molar-refractivity contribution in [2.24, 2.45) is 11.7 Å². The van der Waals surface area contributed by atoms with Crippen LogP contribution in [0.15, 0.2) is 65.7 Å². The van der Waals surface area contributed by atoms with Crippen LogP contribution in [0.1, 0.15) is 93.0 Å². The number of aryl methyl sites for hydroxylation is 1. The number of unbranched alkanes of at least 4 members (excludes halogenated alkanes) is 2. The third-order valence-corrected chi connectivity index (χ3v) is 11.8. The number of nitrogens with one attached hydrogen (secondary N) is 3. The molecular weight excluding hydrogens is 886 g/mol. The third kappa shape index (κ3) is 12.4. The van der Waals surface area contributed by atoms with E-state index in [1.807, 2.05) is 13.8 Å². The Hall–Kier alpha value is -7.65. The summed E-state index contributed by atoms with van der Waals surface area (Å²) < 4.78 is 24.0. The molecule has 21 nitrogen and oxygen atoms in total. The predicted molar refractivity (Wildman–Crippen MR) is 246 cm³/mol. The fourth-order valence-electron chi connectivity index (χ4n) is 8.02. The lowest BCUT2D eigenvalue weighted by atomic mass is 10.0. The molecule has 0 spiro atoms. The number of amides is 7. The lowest BCUT2D eigenvalue weighted by Gasteiger charge is -2.35. The molecule has 6 rings (SSSR count). The molecule has 0 radical (unpaired) electrons. The number of aromatic nitrogens is 4. The van der Waals surface area contributed by atoms with E-state index in [1.54, 1.807) is 46.9 Å². The molecule has 7 amide bonds. The number of carbonyl (C=O) groups excluding carboxylic acids is 6.